The third-order valence-electron chi connectivity index (χ3n) is 3.83. The second-order valence-electron chi connectivity index (χ2n) is 5.82. The summed E-state index contributed by atoms with van der Waals surface area (Å²) in [5.41, 5.74) is 3.05. The second kappa shape index (κ2) is 7.09. The van der Waals surface area contributed by atoms with Crippen LogP contribution in [0.3, 0.4) is 0 Å². The first kappa shape index (κ1) is 16.7. The zero-order valence-corrected chi connectivity index (χ0v) is 13.4. The van der Waals surface area contributed by atoms with Crippen molar-refractivity contribution in [3.05, 3.63) is 58.7 Å². The lowest BCUT2D eigenvalue weighted by Crippen LogP contribution is -1.99. The van der Waals surface area contributed by atoms with Gasteiger partial charge in [-0.25, -0.2) is 0 Å². The van der Waals surface area contributed by atoms with Gasteiger partial charge < -0.3 is 20.4 Å². The van der Waals surface area contributed by atoms with Gasteiger partial charge in [-0.1, -0.05) is 42.0 Å². The third kappa shape index (κ3) is 3.77. The SMILES string of the molecule is CC(C)=CCc1c(O)c(O)c(O)c(O)c1CCc1ccccc1. The highest BCUT2D eigenvalue weighted by Gasteiger charge is 2.22. The summed E-state index contributed by atoms with van der Waals surface area (Å²) in [5, 5.41) is 39.9. The summed E-state index contributed by atoms with van der Waals surface area (Å²) in [4.78, 5) is 0. The molecule has 0 unspecified atom stereocenters. The molecule has 0 atom stereocenters. The molecule has 0 aromatic heterocycles. The summed E-state index contributed by atoms with van der Waals surface area (Å²) in [7, 11) is 0. The van der Waals surface area contributed by atoms with E-state index in [1.165, 1.54) is 0 Å². The number of aromatic hydroxyl groups is 4. The monoisotopic (exact) mass is 314 g/mol. The Bertz CT molecular complexity index is 714. The van der Waals surface area contributed by atoms with E-state index in [2.05, 4.69) is 0 Å². The van der Waals surface area contributed by atoms with Crippen LogP contribution >= 0.6 is 0 Å². The molecule has 2 rings (SSSR count). The first-order valence-electron chi connectivity index (χ1n) is 7.56. The molecule has 0 amide bonds. The lowest BCUT2D eigenvalue weighted by atomic mass is 9.94. The second-order valence-corrected chi connectivity index (χ2v) is 5.82. The molecule has 2 aromatic carbocycles. The van der Waals surface area contributed by atoms with Gasteiger partial charge in [-0.05, 0) is 38.7 Å². The smallest absolute Gasteiger partial charge is 0.204 e. The van der Waals surface area contributed by atoms with Crippen molar-refractivity contribution >= 4 is 0 Å². The Kier molecular flexibility index (Phi) is 5.16. The maximum atomic E-state index is 10.2. The standard InChI is InChI=1S/C19H22O4/c1-12(2)8-10-14-15(11-9-13-6-4-3-5-7-13)17(21)19(23)18(22)16(14)20/h3-8,20-23H,9-11H2,1-2H3. The van der Waals surface area contributed by atoms with Crippen LogP contribution in [0.1, 0.15) is 30.5 Å². The molecule has 0 saturated heterocycles. The van der Waals surface area contributed by atoms with Crippen LogP contribution in [0.15, 0.2) is 42.0 Å². The van der Waals surface area contributed by atoms with Gasteiger partial charge in [-0.2, -0.15) is 0 Å². The number of phenolic OH excluding ortho intramolecular Hbond substituents is 4. The molecule has 0 saturated carbocycles. The summed E-state index contributed by atoms with van der Waals surface area (Å²) in [6.07, 6.45) is 3.37. The van der Waals surface area contributed by atoms with Crippen molar-refractivity contribution in [3.63, 3.8) is 0 Å². The summed E-state index contributed by atoms with van der Waals surface area (Å²) in [6.45, 7) is 3.86. The number of benzene rings is 2. The molecule has 4 nitrogen and oxygen atoms in total. The zero-order valence-electron chi connectivity index (χ0n) is 13.4. The van der Waals surface area contributed by atoms with Crippen LogP contribution in [0.25, 0.3) is 0 Å². The van der Waals surface area contributed by atoms with Crippen LogP contribution in [-0.2, 0) is 19.3 Å². The van der Waals surface area contributed by atoms with Crippen LogP contribution in [0.4, 0.5) is 0 Å². The minimum absolute atomic E-state index is 0.367. The first-order chi connectivity index (χ1) is 10.9. The molecule has 0 heterocycles. The van der Waals surface area contributed by atoms with Crippen LogP contribution in [0.2, 0.25) is 0 Å². The molecule has 122 valence electrons. The Balaban J connectivity index is 2.41. The summed E-state index contributed by atoms with van der Waals surface area (Å²) < 4.78 is 0. The molecule has 0 bridgehead atoms. The molecule has 4 N–H and O–H groups in total. The van der Waals surface area contributed by atoms with E-state index in [0.717, 1.165) is 11.1 Å². The number of aryl methyl sites for hydroxylation is 1. The minimum atomic E-state index is -0.678. The molecule has 0 aliphatic heterocycles. The highest BCUT2D eigenvalue weighted by atomic mass is 16.3. The lowest BCUT2D eigenvalue weighted by molar-refractivity contribution is 0.341. The van der Waals surface area contributed by atoms with Crippen LogP contribution in [0, 0.1) is 0 Å². The summed E-state index contributed by atoms with van der Waals surface area (Å²) in [5.74, 6) is -2.09. The van der Waals surface area contributed by atoms with Gasteiger partial charge in [0.1, 0.15) is 0 Å². The Morgan fingerprint density at radius 2 is 1.35 bits per heavy atom. The van der Waals surface area contributed by atoms with Crippen molar-refractivity contribution in [2.75, 3.05) is 0 Å². The topological polar surface area (TPSA) is 80.9 Å². The third-order valence-corrected chi connectivity index (χ3v) is 3.83. The van der Waals surface area contributed by atoms with E-state index in [4.69, 9.17) is 0 Å². The number of allylic oxidation sites excluding steroid dienone is 2. The van der Waals surface area contributed by atoms with E-state index in [0.29, 0.717) is 30.4 Å². The molecule has 2 aromatic rings. The number of rotatable bonds is 5. The largest absolute Gasteiger partial charge is 0.504 e. The molecule has 23 heavy (non-hydrogen) atoms. The van der Waals surface area contributed by atoms with Crippen LogP contribution in [-0.4, -0.2) is 20.4 Å². The van der Waals surface area contributed by atoms with E-state index in [1.54, 1.807) is 0 Å². The van der Waals surface area contributed by atoms with Crippen molar-refractivity contribution < 1.29 is 20.4 Å². The van der Waals surface area contributed by atoms with Crippen LogP contribution < -0.4 is 0 Å². The van der Waals surface area contributed by atoms with Crippen molar-refractivity contribution in [1.82, 2.24) is 0 Å². The van der Waals surface area contributed by atoms with E-state index in [-0.39, 0.29) is 11.5 Å². The van der Waals surface area contributed by atoms with Crippen molar-refractivity contribution in [1.29, 1.82) is 0 Å². The van der Waals surface area contributed by atoms with E-state index >= 15 is 0 Å². The Morgan fingerprint density at radius 1 is 0.783 bits per heavy atom. The maximum Gasteiger partial charge on any atom is 0.204 e. The Morgan fingerprint density at radius 3 is 1.91 bits per heavy atom. The molecular formula is C19H22O4. The fourth-order valence-electron chi connectivity index (χ4n) is 2.51. The molecular weight excluding hydrogens is 292 g/mol. The van der Waals surface area contributed by atoms with Gasteiger partial charge in [-0.3, -0.25) is 0 Å². The van der Waals surface area contributed by atoms with Crippen molar-refractivity contribution in [2.45, 2.75) is 33.1 Å². The highest BCUT2D eigenvalue weighted by molar-refractivity contribution is 5.65. The highest BCUT2D eigenvalue weighted by Crippen LogP contribution is 2.47. The number of hydrogen-bond donors (Lipinski definition) is 4. The molecule has 0 radical (unpaired) electrons. The van der Waals surface area contributed by atoms with Crippen molar-refractivity contribution in [3.8, 4) is 23.0 Å². The quantitative estimate of drug-likeness (QED) is 0.384. The van der Waals surface area contributed by atoms with Gasteiger partial charge in [0.2, 0.25) is 11.5 Å². The number of phenols is 4. The predicted molar refractivity (Wildman–Crippen MR) is 90.1 cm³/mol. The minimum Gasteiger partial charge on any atom is -0.504 e. The maximum absolute atomic E-state index is 10.2. The lowest BCUT2D eigenvalue weighted by Gasteiger charge is -2.15. The van der Waals surface area contributed by atoms with E-state index in [9.17, 15) is 20.4 Å². The van der Waals surface area contributed by atoms with Gasteiger partial charge in [0.05, 0.1) is 0 Å². The first-order valence-corrected chi connectivity index (χ1v) is 7.56. The Hall–Kier alpha value is -2.62. The average Bonchev–Trinajstić information content (AvgIpc) is 2.54. The fourth-order valence-corrected chi connectivity index (χ4v) is 2.51. The van der Waals surface area contributed by atoms with Gasteiger partial charge in [0.25, 0.3) is 0 Å². The zero-order chi connectivity index (χ0) is 17.0. The normalized spacial score (nSPS) is 10.5. The fraction of sp³-hybridized carbons (Fsp3) is 0.263. The van der Waals surface area contributed by atoms with Gasteiger partial charge in [0, 0.05) is 11.1 Å². The molecule has 0 aliphatic carbocycles. The van der Waals surface area contributed by atoms with E-state index < -0.39 is 11.5 Å². The van der Waals surface area contributed by atoms with Gasteiger partial charge in [-0.15, -0.1) is 0 Å². The molecule has 4 heteroatoms. The summed E-state index contributed by atoms with van der Waals surface area (Å²) >= 11 is 0. The van der Waals surface area contributed by atoms with Crippen LogP contribution in [0.5, 0.6) is 23.0 Å². The predicted octanol–water partition coefficient (Wildman–Crippen LogP) is 3.80. The number of hydrogen-bond acceptors (Lipinski definition) is 4. The summed E-state index contributed by atoms with van der Waals surface area (Å²) in [6, 6.07) is 9.76. The Labute approximate surface area is 136 Å². The molecule has 0 spiro atoms. The molecule has 0 fully saturated rings. The van der Waals surface area contributed by atoms with Gasteiger partial charge >= 0.3 is 0 Å². The van der Waals surface area contributed by atoms with Crippen molar-refractivity contribution in [2.24, 2.45) is 0 Å². The molecule has 0 aliphatic rings. The average molecular weight is 314 g/mol. The van der Waals surface area contributed by atoms with Gasteiger partial charge in [0.15, 0.2) is 11.5 Å². The van der Waals surface area contributed by atoms with E-state index in [1.807, 2.05) is 50.3 Å².